The highest BCUT2D eigenvalue weighted by atomic mass is 32.2. The van der Waals surface area contributed by atoms with Crippen LogP contribution in [0, 0.1) is 0 Å². The van der Waals surface area contributed by atoms with E-state index in [0.717, 1.165) is 23.5 Å². The molecular formula is C13H17NO2S. The van der Waals surface area contributed by atoms with Gasteiger partial charge in [0.2, 0.25) is 0 Å². The second kappa shape index (κ2) is 5.96. The predicted octanol–water partition coefficient (Wildman–Crippen LogP) is 3.44. The molecule has 1 saturated carbocycles. The number of nitrogens with one attached hydrogen (secondary N) is 1. The molecule has 0 heterocycles. The van der Waals surface area contributed by atoms with E-state index in [-0.39, 0.29) is 5.24 Å². The number of amides is 1. The SMILES string of the molecule is CCOc1cccc(SC(=O)NC2CCC2)c1. The summed E-state index contributed by atoms with van der Waals surface area (Å²) >= 11 is 1.23. The van der Waals surface area contributed by atoms with E-state index in [1.54, 1.807) is 0 Å². The highest BCUT2D eigenvalue weighted by Gasteiger charge is 2.19. The zero-order valence-electron chi connectivity index (χ0n) is 9.94. The second-order valence-corrected chi connectivity index (χ2v) is 5.12. The molecular weight excluding hydrogens is 234 g/mol. The molecule has 0 unspecified atom stereocenters. The number of carbonyl (C=O) groups excluding carboxylic acids is 1. The highest BCUT2D eigenvalue weighted by molar-refractivity contribution is 8.13. The van der Waals surface area contributed by atoms with Crippen LogP contribution in [0.5, 0.6) is 5.75 Å². The number of ether oxygens (including phenoxy) is 1. The van der Waals surface area contributed by atoms with Crippen molar-refractivity contribution in [2.45, 2.75) is 37.1 Å². The maximum absolute atomic E-state index is 11.7. The van der Waals surface area contributed by atoms with Gasteiger partial charge in [-0.3, -0.25) is 4.79 Å². The lowest BCUT2D eigenvalue weighted by Crippen LogP contribution is -2.37. The van der Waals surface area contributed by atoms with Crippen LogP contribution in [0.3, 0.4) is 0 Å². The topological polar surface area (TPSA) is 38.3 Å². The third kappa shape index (κ3) is 3.66. The predicted molar refractivity (Wildman–Crippen MR) is 69.6 cm³/mol. The average Bonchev–Trinajstić information content (AvgIpc) is 2.25. The van der Waals surface area contributed by atoms with Gasteiger partial charge in [0, 0.05) is 10.9 Å². The van der Waals surface area contributed by atoms with Gasteiger partial charge < -0.3 is 10.1 Å². The molecule has 0 spiro atoms. The van der Waals surface area contributed by atoms with Gasteiger partial charge in [-0.1, -0.05) is 6.07 Å². The average molecular weight is 251 g/mol. The first kappa shape index (κ1) is 12.3. The maximum Gasteiger partial charge on any atom is 0.284 e. The van der Waals surface area contributed by atoms with Gasteiger partial charge in [0.25, 0.3) is 5.24 Å². The van der Waals surface area contributed by atoms with Crippen molar-refractivity contribution in [3.8, 4) is 5.75 Å². The molecule has 3 nitrogen and oxygen atoms in total. The van der Waals surface area contributed by atoms with Crippen LogP contribution in [-0.4, -0.2) is 17.9 Å². The van der Waals surface area contributed by atoms with Crippen molar-refractivity contribution in [2.24, 2.45) is 0 Å². The van der Waals surface area contributed by atoms with Gasteiger partial charge >= 0.3 is 0 Å². The Morgan fingerprint density at radius 1 is 1.53 bits per heavy atom. The molecule has 0 saturated heterocycles. The first-order valence-corrected chi connectivity index (χ1v) is 6.81. The van der Waals surface area contributed by atoms with E-state index in [1.807, 2.05) is 31.2 Å². The molecule has 1 fully saturated rings. The van der Waals surface area contributed by atoms with E-state index >= 15 is 0 Å². The van der Waals surface area contributed by atoms with Gasteiger partial charge in [0.15, 0.2) is 0 Å². The molecule has 1 aromatic carbocycles. The largest absolute Gasteiger partial charge is 0.494 e. The third-order valence-electron chi connectivity index (χ3n) is 2.75. The van der Waals surface area contributed by atoms with Crippen molar-refractivity contribution >= 4 is 17.0 Å². The molecule has 0 bridgehead atoms. The highest BCUT2D eigenvalue weighted by Crippen LogP contribution is 2.25. The summed E-state index contributed by atoms with van der Waals surface area (Å²) in [6.45, 7) is 2.59. The van der Waals surface area contributed by atoms with Crippen LogP contribution in [-0.2, 0) is 0 Å². The molecule has 1 aromatic rings. The zero-order chi connectivity index (χ0) is 12.1. The fourth-order valence-electron chi connectivity index (χ4n) is 1.65. The molecule has 0 atom stereocenters. The molecule has 1 N–H and O–H groups in total. The lowest BCUT2D eigenvalue weighted by atomic mass is 9.94. The normalized spacial score (nSPS) is 15.1. The standard InChI is InChI=1S/C13H17NO2S/c1-2-16-11-7-4-8-12(9-11)17-13(15)14-10-5-3-6-10/h4,7-10H,2-3,5-6H2,1H3,(H,14,15). The maximum atomic E-state index is 11.7. The molecule has 0 radical (unpaired) electrons. The van der Waals surface area contributed by atoms with Gasteiger partial charge in [0.05, 0.1) is 6.61 Å². The Kier molecular flexibility index (Phi) is 4.31. The fourth-order valence-corrected chi connectivity index (χ4v) is 2.41. The van der Waals surface area contributed by atoms with Gasteiger partial charge in [-0.05, 0) is 56.1 Å². The Bertz CT molecular complexity index is 391. The summed E-state index contributed by atoms with van der Waals surface area (Å²) in [5, 5.41) is 3.03. The van der Waals surface area contributed by atoms with Crippen LogP contribution in [0.15, 0.2) is 29.2 Å². The van der Waals surface area contributed by atoms with Crippen molar-refractivity contribution in [1.82, 2.24) is 5.32 Å². The summed E-state index contributed by atoms with van der Waals surface area (Å²) in [5.74, 6) is 0.814. The minimum atomic E-state index is 0.0309. The van der Waals surface area contributed by atoms with E-state index in [1.165, 1.54) is 18.2 Å². The second-order valence-electron chi connectivity index (χ2n) is 4.07. The number of benzene rings is 1. The number of rotatable bonds is 4. The van der Waals surface area contributed by atoms with Crippen molar-refractivity contribution < 1.29 is 9.53 Å². The van der Waals surface area contributed by atoms with Crippen molar-refractivity contribution in [2.75, 3.05) is 6.61 Å². The Morgan fingerprint density at radius 3 is 3.00 bits per heavy atom. The molecule has 92 valence electrons. The van der Waals surface area contributed by atoms with Crippen LogP contribution in [0.25, 0.3) is 0 Å². The lowest BCUT2D eigenvalue weighted by Gasteiger charge is -2.25. The number of thioether (sulfide) groups is 1. The van der Waals surface area contributed by atoms with Gasteiger partial charge in [-0.2, -0.15) is 0 Å². The molecule has 1 aliphatic carbocycles. The van der Waals surface area contributed by atoms with Crippen LogP contribution in [0.1, 0.15) is 26.2 Å². The summed E-state index contributed by atoms with van der Waals surface area (Å²) in [6, 6.07) is 8.02. The van der Waals surface area contributed by atoms with E-state index in [0.29, 0.717) is 12.6 Å². The van der Waals surface area contributed by atoms with E-state index in [9.17, 15) is 4.79 Å². The van der Waals surface area contributed by atoms with E-state index in [2.05, 4.69) is 5.32 Å². The molecule has 17 heavy (non-hydrogen) atoms. The van der Waals surface area contributed by atoms with Gasteiger partial charge in [-0.15, -0.1) is 0 Å². The first-order chi connectivity index (χ1) is 8.28. The fraction of sp³-hybridized carbons (Fsp3) is 0.462. The minimum absolute atomic E-state index is 0.0309. The molecule has 4 heteroatoms. The Balaban J connectivity index is 1.88. The third-order valence-corrected chi connectivity index (χ3v) is 3.55. The van der Waals surface area contributed by atoms with Crippen LogP contribution >= 0.6 is 11.8 Å². The van der Waals surface area contributed by atoms with Gasteiger partial charge in [0.1, 0.15) is 5.75 Å². The van der Waals surface area contributed by atoms with Crippen molar-refractivity contribution in [3.63, 3.8) is 0 Å². The van der Waals surface area contributed by atoms with Crippen LogP contribution in [0.2, 0.25) is 0 Å². The molecule has 1 aliphatic rings. The number of carbonyl (C=O) groups is 1. The van der Waals surface area contributed by atoms with Crippen LogP contribution in [0.4, 0.5) is 4.79 Å². The van der Waals surface area contributed by atoms with E-state index in [4.69, 9.17) is 4.74 Å². The number of hydrogen-bond donors (Lipinski definition) is 1. The summed E-state index contributed by atoms with van der Waals surface area (Å²) < 4.78 is 5.40. The zero-order valence-corrected chi connectivity index (χ0v) is 10.8. The quantitative estimate of drug-likeness (QED) is 0.833. The van der Waals surface area contributed by atoms with E-state index < -0.39 is 0 Å². The Hall–Kier alpha value is -1.16. The lowest BCUT2D eigenvalue weighted by molar-refractivity contribution is 0.249. The van der Waals surface area contributed by atoms with Crippen LogP contribution < -0.4 is 10.1 Å². The summed E-state index contributed by atoms with van der Waals surface area (Å²) in [6.07, 6.45) is 3.46. The smallest absolute Gasteiger partial charge is 0.284 e. The molecule has 2 rings (SSSR count). The molecule has 0 aromatic heterocycles. The van der Waals surface area contributed by atoms with Gasteiger partial charge in [-0.25, -0.2) is 0 Å². The minimum Gasteiger partial charge on any atom is -0.494 e. The molecule has 0 aliphatic heterocycles. The monoisotopic (exact) mass is 251 g/mol. The van der Waals surface area contributed by atoms with Crippen molar-refractivity contribution in [3.05, 3.63) is 24.3 Å². The van der Waals surface area contributed by atoms with Crippen molar-refractivity contribution in [1.29, 1.82) is 0 Å². The summed E-state index contributed by atoms with van der Waals surface area (Å²) in [7, 11) is 0. The summed E-state index contributed by atoms with van der Waals surface area (Å²) in [5.41, 5.74) is 0. The Labute approximate surface area is 106 Å². The molecule has 1 amide bonds. The Morgan fingerprint density at radius 2 is 2.35 bits per heavy atom. The first-order valence-electron chi connectivity index (χ1n) is 5.99. The summed E-state index contributed by atoms with van der Waals surface area (Å²) in [4.78, 5) is 12.6. The number of hydrogen-bond acceptors (Lipinski definition) is 3.